The van der Waals surface area contributed by atoms with Crippen LogP contribution in [0.15, 0.2) is 77.3 Å². The number of rotatable bonds is 5. The summed E-state index contributed by atoms with van der Waals surface area (Å²) in [4.78, 5) is 17.5. The van der Waals surface area contributed by atoms with Gasteiger partial charge in [0.15, 0.2) is 5.78 Å². The minimum Gasteiger partial charge on any atom is -0.497 e. The summed E-state index contributed by atoms with van der Waals surface area (Å²) in [6.07, 6.45) is 0. The third-order valence-corrected chi connectivity index (χ3v) is 4.47. The molecule has 0 fully saturated rings. The van der Waals surface area contributed by atoms with E-state index in [9.17, 15) is 4.79 Å². The van der Waals surface area contributed by atoms with Crippen LogP contribution in [-0.2, 0) is 0 Å². The van der Waals surface area contributed by atoms with Crippen molar-refractivity contribution in [2.45, 2.75) is 6.92 Å². The molecule has 0 amide bonds. The Labute approximate surface area is 162 Å². The van der Waals surface area contributed by atoms with Gasteiger partial charge in [0.25, 0.3) is 5.89 Å². The van der Waals surface area contributed by atoms with E-state index >= 15 is 0 Å². The maximum absolute atomic E-state index is 13.0. The van der Waals surface area contributed by atoms with Gasteiger partial charge in [0.05, 0.1) is 12.7 Å². The standard InChI is InChI=1S/C23H18N2O3/c1-15-10-12-16(13-11-15)21(26)19-8-3-4-9-20(19)23-24-22(25-28-23)17-6-5-7-18(14-17)27-2/h3-14H,1-2H3. The molecule has 4 rings (SSSR count). The van der Waals surface area contributed by atoms with Crippen LogP contribution in [0.4, 0.5) is 0 Å². The second-order valence-electron chi connectivity index (χ2n) is 6.40. The summed E-state index contributed by atoms with van der Waals surface area (Å²) in [6.45, 7) is 1.99. The number of ketones is 1. The number of hydrogen-bond acceptors (Lipinski definition) is 5. The highest BCUT2D eigenvalue weighted by Gasteiger charge is 2.19. The molecule has 138 valence electrons. The van der Waals surface area contributed by atoms with Gasteiger partial charge in [0.2, 0.25) is 5.82 Å². The number of benzene rings is 3. The molecule has 1 aromatic heterocycles. The Hall–Kier alpha value is -3.73. The number of aromatic nitrogens is 2. The van der Waals surface area contributed by atoms with Crippen LogP contribution >= 0.6 is 0 Å². The van der Waals surface area contributed by atoms with Gasteiger partial charge in [-0.25, -0.2) is 0 Å². The zero-order valence-electron chi connectivity index (χ0n) is 15.5. The van der Waals surface area contributed by atoms with E-state index < -0.39 is 0 Å². The lowest BCUT2D eigenvalue weighted by Gasteiger charge is -2.05. The number of nitrogens with zero attached hydrogens (tertiary/aromatic N) is 2. The number of carbonyl (C=O) groups is 1. The molecule has 0 aliphatic rings. The van der Waals surface area contributed by atoms with Crippen LogP contribution < -0.4 is 4.74 Å². The fourth-order valence-corrected chi connectivity index (χ4v) is 2.94. The summed E-state index contributed by atoms with van der Waals surface area (Å²) in [7, 11) is 1.60. The van der Waals surface area contributed by atoms with Crippen molar-refractivity contribution in [3.8, 4) is 28.6 Å². The monoisotopic (exact) mass is 370 g/mol. The minimum atomic E-state index is -0.0864. The van der Waals surface area contributed by atoms with Gasteiger partial charge in [-0.2, -0.15) is 4.98 Å². The maximum Gasteiger partial charge on any atom is 0.258 e. The van der Waals surface area contributed by atoms with Crippen molar-refractivity contribution in [2.75, 3.05) is 7.11 Å². The van der Waals surface area contributed by atoms with Crippen LogP contribution in [0, 0.1) is 6.92 Å². The molecule has 0 bridgehead atoms. The topological polar surface area (TPSA) is 65.2 Å². The van der Waals surface area contributed by atoms with Crippen LogP contribution in [0.1, 0.15) is 21.5 Å². The van der Waals surface area contributed by atoms with Crippen molar-refractivity contribution in [3.63, 3.8) is 0 Å². The van der Waals surface area contributed by atoms with Gasteiger partial charge in [0, 0.05) is 16.7 Å². The number of aryl methyl sites for hydroxylation is 1. The van der Waals surface area contributed by atoms with Crippen molar-refractivity contribution in [1.82, 2.24) is 10.1 Å². The molecule has 0 aliphatic heterocycles. The summed E-state index contributed by atoms with van der Waals surface area (Å²) in [5.41, 5.74) is 3.62. The molecule has 0 aliphatic carbocycles. The zero-order valence-corrected chi connectivity index (χ0v) is 15.5. The van der Waals surface area contributed by atoms with Crippen LogP contribution in [-0.4, -0.2) is 23.0 Å². The molecule has 0 radical (unpaired) electrons. The quantitative estimate of drug-likeness (QED) is 0.465. The van der Waals surface area contributed by atoms with Gasteiger partial charge in [0.1, 0.15) is 5.75 Å². The molecule has 0 N–H and O–H groups in total. The normalized spacial score (nSPS) is 10.6. The predicted octanol–water partition coefficient (Wildman–Crippen LogP) is 4.95. The summed E-state index contributed by atoms with van der Waals surface area (Å²) in [5, 5.41) is 4.07. The number of carbonyl (C=O) groups excluding carboxylic acids is 1. The molecule has 28 heavy (non-hydrogen) atoms. The predicted molar refractivity (Wildman–Crippen MR) is 106 cm³/mol. The summed E-state index contributed by atoms with van der Waals surface area (Å²) in [6, 6.07) is 22.1. The second-order valence-corrected chi connectivity index (χ2v) is 6.40. The third-order valence-electron chi connectivity index (χ3n) is 4.47. The lowest BCUT2D eigenvalue weighted by molar-refractivity contribution is 0.103. The van der Waals surface area contributed by atoms with E-state index in [1.54, 1.807) is 13.2 Å². The Kier molecular flexibility index (Phi) is 4.72. The van der Waals surface area contributed by atoms with Crippen LogP contribution in [0.2, 0.25) is 0 Å². The van der Waals surface area contributed by atoms with Gasteiger partial charge in [-0.15, -0.1) is 0 Å². The Morgan fingerprint density at radius 1 is 0.964 bits per heavy atom. The zero-order chi connectivity index (χ0) is 19.5. The molecule has 3 aromatic carbocycles. The van der Waals surface area contributed by atoms with E-state index in [0.29, 0.717) is 34.2 Å². The molecule has 0 atom stereocenters. The molecule has 0 saturated carbocycles. The van der Waals surface area contributed by atoms with Crippen molar-refractivity contribution >= 4 is 5.78 Å². The number of hydrogen-bond donors (Lipinski definition) is 0. The molecule has 5 nitrogen and oxygen atoms in total. The maximum atomic E-state index is 13.0. The van der Waals surface area contributed by atoms with Crippen molar-refractivity contribution in [3.05, 3.63) is 89.5 Å². The number of methoxy groups -OCH3 is 1. The average Bonchev–Trinajstić information content (AvgIpc) is 3.24. The fraction of sp³-hybridized carbons (Fsp3) is 0.0870. The largest absolute Gasteiger partial charge is 0.497 e. The highest BCUT2D eigenvalue weighted by Crippen LogP contribution is 2.28. The van der Waals surface area contributed by atoms with Gasteiger partial charge in [-0.3, -0.25) is 4.79 Å². The molecule has 0 saturated heterocycles. The summed E-state index contributed by atoms with van der Waals surface area (Å²) < 4.78 is 10.7. The summed E-state index contributed by atoms with van der Waals surface area (Å²) >= 11 is 0. The van der Waals surface area contributed by atoms with Gasteiger partial charge in [-0.1, -0.05) is 65.3 Å². The Balaban J connectivity index is 1.72. The van der Waals surface area contributed by atoms with Crippen molar-refractivity contribution in [1.29, 1.82) is 0 Å². The first kappa shape index (κ1) is 17.7. The van der Waals surface area contributed by atoms with Crippen LogP contribution in [0.25, 0.3) is 22.8 Å². The van der Waals surface area contributed by atoms with Crippen molar-refractivity contribution in [2.24, 2.45) is 0 Å². The first-order valence-electron chi connectivity index (χ1n) is 8.84. The van der Waals surface area contributed by atoms with Gasteiger partial charge < -0.3 is 9.26 Å². The third kappa shape index (κ3) is 3.42. The Morgan fingerprint density at radius 2 is 1.75 bits per heavy atom. The van der Waals surface area contributed by atoms with E-state index in [0.717, 1.165) is 11.1 Å². The van der Waals surface area contributed by atoms with Crippen LogP contribution in [0.5, 0.6) is 5.75 Å². The SMILES string of the molecule is COc1cccc(-c2noc(-c3ccccc3C(=O)c3ccc(C)cc3)n2)c1. The van der Waals surface area contributed by atoms with Crippen LogP contribution in [0.3, 0.4) is 0 Å². The fourth-order valence-electron chi connectivity index (χ4n) is 2.94. The van der Waals surface area contributed by atoms with E-state index in [2.05, 4.69) is 10.1 Å². The lowest BCUT2D eigenvalue weighted by atomic mass is 9.97. The smallest absolute Gasteiger partial charge is 0.258 e. The average molecular weight is 370 g/mol. The molecule has 5 heteroatoms. The van der Waals surface area contributed by atoms with E-state index in [1.807, 2.05) is 73.7 Å². The molecule has 4 aromatic rings. The van der Waals surface area contributed by atoms with Gasteiger partial charge >= 0.3 is 0 Å². The summed E-state index contributed by atoms with van der Waals surface area (Å²) in [5.74, 6) is 1.36. The highest BCUT2D eigenvalue weighted by molar-refractivity contribution is 6.12. The Morgan fingerprint density at radius 3 is 2.54 bits per heavy atom. The molecule has 1 heterocycles. The highest BCUT2D eigenvalue weighted by atomic mass is 16.5. The second kappa shape index (κ2) is 7.48. The Bertz CT molecular complexity index is 1130. The van der Waals surface area contributed by atoms with E-state index in [-0.39, 0.29) is 5.78 Å². The molecule has 0 unspecified atom stereocenters. The molecule has 0 spiro atoms. The van der Waals surface area contributed by atoms with Gasteiger partial charge in [-0.05, 0) is 25.1 Å². The first-order chi connectivity index (χ1) is 13.7. The molecular formula is C23H18N2O3. The van der Waals surface area contributed by atoms with E-state index in [1.165, 1.54) is 0 Å². The molecular weight excluding hydrogens is 352 g/mol. The van der Waals surface area contributed by atoms with E-state index in [4.69, 9.17) is 9.26 Å². The first-order valence-corrected chi connectivity index (χ1v) is 8.84. The lowest BCUT2D eigenvalue weighted by Crippen LogP contribution is -2.03. The minimum absolute atomic E-state index is 0.0864. The van der Waals surface area contributed by atoms with Crippen molar-refractivity contribution < 1.29 is 14.1 Å². The number of ether oxygens (including phenoxy) is 1.